The van der Waals surface area contributed by atoms with Gasteiger partial charge in [0.25, 0.3) is 0 Å². The largest absolute Gasteiger partial charge is 0.468 e. The van der Waals surface area contributed by atoms with E-state index in [9.17, 15) is 4.79 Å². The van der Waals surface area contributed by atoms with Crippen molar-refractivity contribution in [3.05, 3.63) is 0 Å². The minimum absolute atomic E-state index is 0.124. The van der Waals surface area contributed by atoms with Gasteiger partial charge in [-0.3, -0.25) is 4.79 Å². The van der Waals surface area contributed by atoms with Gasteiger partial charge >= 0.3 is 5.97 Å². The van der Waals surface area contributed by atoms with E-state index in [-0.39, 0.29) is 12.0 Å². The van der Waals surface area contributed by atoms with Gasteiger partial charge in [0.1, 0.15) is 6.04 Å². The molecule has 0 saturated heterocycles. The Labute approximate surface area is 96.3 Å². The lowest BCUT2D eigenvalue weighted by molar-refractivity contribution is -0.142. The number of carbonyl (C=O) groups excluding carboxylic acids is 1. The van der Waals surface area contributed by atoms with Crippen molar-refractivity contribution in [1.82, 2.24) is 5.32 Å². The number of ether oxygens (including phenoxy) is 1. The van der Waals surface area contributed by atoms with E-state index in [4.69, 9.17) is 4.74 Å². The molecule has 0 spiro atoms. The average Bonchev–Trinajstić information content (AvgIpc) is 3.06. The third-order valence-corrected chi connectivity index (χ3v) is 4.05. The number of rotatable bonds is 7. The first-order valence-corrected chi connectivity index (χ1v) is 6.67. The normalized spacial score (nSPS) is 19.7. The van der Waals surface area contributed by atoms with Crippen LogP contribution in [0.4, 0.5) is 0 Å². The molecule has 1 N–H and O–H groups in total. The highest BCUT2D eigenvalue weighted by molar-refractivity contribution is 7.99. The molecule has 4 heteroatoms. The van der Waals surface area contributed by atoms with Crippen LogP contribution < -0.4 is 5.32 Å². The van der Waals surface area contributed by atoms with E-state index in [1.165, 1.54) is 20.0 Å². The Morgan fingerprint density at radius 2 is 2.27 bits per heavy atom. The Balaban J connectivity index is 2.30. The first-order chi connectivity index (χ1) is 7.17. The SMILES string of the molecule is CCC(C)SCC(NC1CC1)C(=O)OC. The fourth-order valence-corrected chi connectivity index (χ4v) is 2.23. The molecule has 0 aromatic rings. The van der Waals surface area contributed by atoms with Crippen LogP contribution in [0.5, 0.6) is 0 Å². The molecule has 3 nitrogen and oxygen atoms in total. The predicted octanol–water partition coefficient (Wildman–Crippen LogP) is 1.81. The zero-order valence-electron chi connectivity index (χ0n) is 9.79. The molecule has 2 unspecified atom stereocenters. The second kappa shape index (κ2) is 6.38. The van der Waals surface area contributed by atoms with Gasteiger partial charge in [0.15, 0.2) is 0 Å². The van der Waals surface area contributed by atoms with Gasteiger partial charge in [0.2, 0.25) is 0 Å². The number of methoxy groups -OCH3 is 1. The Kier molecular flexibility index (Phi) is 5.47. The fourth-order valence-electron chi connectivity index (χ4n) is 1.24. The molecule has 1 rings (SSSR count). The van der Waals surface area contributed by atoms with Crippen LogP contribution in [-0.2, 0) is 9.53 Å². The molecule has 0 radical (unpaired) electrons. The van der Waals surface area contributed by atoms with Gasteiger partial charge in [-0.1, -0.05) is 13.8 Å². The van der Waals surface area contributed by atoms with Crippen LogP contribution in [0.2, 0.25) is 0 Å². The summed E-state index contributed by atoms with van der Waals surface area (Å²) in [5.74, 6) is 0.691. The third-order valence-electron chi connectivity index (χ3n) is 2.62. The minimum Gasteiger partial charge on any atom is -0.468 e. The molecule has 88 valence electrons. The van der Waals surface area contributed by atoms with Crippen LogP contribution in [0.1, 0.15) is 33.1 Å². The van der Waals surface area contributed by atoms with Crippen LogP contribution in [0, 0.1) is 0 Å². The molecule has 0 heterocycles. The van der Waals surface area contributed by atoms with E-state index in [0.717, 1.165) is 12.2 Å². The zero-order valence-corrected chi connectivity index (χ0v) is 10.6. The number of nitrogens with one attached hydrogen (secondary N) is 1. The molecule has 0 aromatic carbocycles. The molecule has 1 aliphatic rings. The lowest BCUT2D eigenvalue weighted by Crippen LogP contribution is -2.41. The van der Waals surface area contributed by atoms with Crippen LogP contribution in [-0.4, -0.2) is 36.2 Å². The number of esters is 1. The summed E-state index contributed by atoms with van der Waals surface area (Å²) in [6, 6.07) is 0.424. The highest BCUT2D eigenvalue weighted by Crippen LogP contribution is 2.22. The van der Waals surface area contributed by atoms with Crippen molar-refractivity contribution in [1.29, 1.82) is 0 Å². The van der Waals surface area contributed by atoms with Crippen molar-refractivity contribution in [3.8, 4) is 0 Å². The molecule has 0 bridgehead atoms. The molecular formula is C11H21NO2S. The maximum absolute atomic E-state index is 11.5. The van der Waals surface area contributed by atoms with Crippen molar-refractivity contribution in [2.45, 2.75) is 50.4 Å². The summed E-state index contributed by atoms with van der Waals surface area (Å²) < 4.78 is 4.79. The predicted molar refractivity (Wildman–Crippen MR) is 64.2 cm³/mol. The Morgan fingerprint density at radius 1 is 1.60 bits per heavy atom. The summed E-state index contributed by atoms with van der Waals surface area (Å²) in [6.45, 7) is 4.36. The summed E-state index contributed by atoms with van der Waals surface area (Å²) in [4.78, 5) is 11.5. The monoisotopic (exact) mass is 231 g/mol. The summed E-state index contributed by atoms with van der Waals surface area (Å²) in [5, 5.41) is 3.94. The van der Waals surface area contributed by atoms with Crippen LogP contribution in [0.15, 0.2) is 0 Å². The molecule has 1 aliphatic carbocycles. The van der Waals surface area contributed by atoms with E-state index < -0.39 is 0 Å². The fraction of sp³-hybridized carbons (Fsp3) is 0.909. The molecule has 0 aromatic heterocycles. The summed E-state index contributed by atoms with van der Waals surface area (Å²) in [7, 11) is 1.46. The second-order valence-corrected chi connectivity index (χ2v) is 5.54. The second-order valence-electron chi connectivity index (χ2n) is 4.07. The summed E-state index contributed by atoms with van der Waals surface area (Å²) in [5.41, 5.74) is 0. The van der Waals surface area contributed by atoms with Crippen LogP contribution in [0.3, 0.4) is 0 Å². The van der Waals surface area contributed by atoms with Crippen LogP contribution >= 0.6 is 11.8 Å². The third kappa shape index (κ3) is 4.89. The van der Waals surface area contributed by atoms with Crippen molar-refractivity contribution >= 4 is 17.7 Å². The summed E-state index contributed by atoms with van der Waals surface area (Å²) >= 11 is 1.83. The number of hydrogen-bond acceptors (Lipinski definition) is 4. The average molecular weight is 231 g/mol. The molecule has 1 fully saturated rings. The van der Waals surface area contributed by atoms with Gasteiger partial charge in [0.05, 0.1) is 7.11 Å². The first-order valence-electron chi connectivity index (χ1n) is 5.62. The van der Waals surface area contributed by atoms with E-state index in [1.807, 2.05) is 11.8 Å². The molecule has 15 heavy (non-hydrogen) atoms. The van der Waals surface area contributed by atoms with Crippen molar-refractivity contribution in [2.24, 2.45) is 0 Å². The topological polar surface area (TPSA) is 38.3 Å². The van der Waals surface area contributed by atoms with Crippen molar-refractivity contribution < 1.29 is 9.53 Å². The maximum Gasteiger partial charge on any atom is 0.323 e. The Morgan fingerprint density at radius 3 is 2.73 bits per heavy atom. The van der Waals surface area contributed by atoms with E-state index in [2.05, 4.69) is 19.2 Å². The standard InChI is InChI=1S/C11H21NO2S/c1-4-8(2)15-7-10(11(13)14-3)12-9-5-6-9/h8-10,12H,4-7H2,1-3H3. The number of carbonyl (C=O) groups is 1. The van der Waals surface area contributed by atoms with E-state index in [0.29, 0.717) is 11.3 Å². The molecular weight excluding hydrogens is 210 g/mol. The van der Waals surface area contributed by atoms with Gasteiger partial charge in [-0.15, -0.1) is 0 Å². The van der Waals surface area contributed by atoms with Gasteiger partial charge in [0, 0.05) is 17.0 Å². The van der Waals surface area contributed by atoms with Gasteiger partial charge in [-0.05, 0) is 19.3 Å². The van der Waals surface area contributed by atoms with Gasteiger partial charge in [-0.2, -0.15) is 11.8 Å². The summed E-state index contributed by atoms with van der Waals surface area (Å²) in [6.07, 6.45) is 3.53. The minimum atomic E-state index is -0.127. The molecule has 0 amide bonds. The highest BCUT2D eigenvalue weighted by atomic mass is 32.2. The Hall–Kier alpha value is -0.220. The van der Waals surface area contributed by atoms with Crippen molar-refractivity contribution in [3.63, 3.8) is 0 Å². The molecule has 0 aliphatic heterocycles. The zero-order chi connectivity index (χ0) is 11.3. The van der Waals surface area contributed by atoms with E-state index >= 15 is 0 Å². The quantitative estimate of drug-likeness (QED) is 0.678. The van der Waals surface area contributed by atoms with Crippen LogP contribution in [0.25, 0.3) is 0 Å². The first kappa shape index (κ1) is 12.8. The maximum atomic E-state index is 11.5. The van der Waals surface area contributed by atoms with Gasteiger partial charge in [-0.25, -0.2) is 0 Å². The smallest absolute Gasteiger partial charge is 0.323 e. The number of hydrogen-bond donors (Lipinski definition) is 1. The highest BCUT2D eigenvalue weighted by Gasteiger charge is 2.29. The molecule has 2 atom stereocenters. The lowest BCUT2D eigenvalue weighted by Gasteiger charge is -2.17. The van der Waals surface area contributed by atoms with E-state index in [1.54, 1.807) is 0 Å². The molecule has 1 saturated carbocycles. The Bertz CT molecular complexity index is 207. The lowest BCUT2D eigenvalue weighted by atomic mass is 10.3. The number of thioether (sulfide) groups is 1. The van der Waals surface area contributed by atoms with Crippen molar-refractivity contribution in [2.75, 3.05) is 12.9 Å². The van der Waals surface area contributed by atoms with Gasteiger partial charge < -0.3 is 10.1 Å².